The SMILES string of the molecule is BrN1[B]N(Br)[B]N(Br)[B]1. The molecule has 9 heavy (non-hydrogen) atoms. The van der Waals surface area contributed by atoms with Crippen molar-refractivity contribution >= 4 is 71.1 Å². The van der Waals surface area contributed by atoms with Crippen LogP contribution in [0.25, 0.3) is 0 Å². The molecule has 0 aliphatic carbocycles. The molecule has 0 bridgehead atoms. The van der Waals surface area contributed by atoms with Crippen LogP contribution in [-0.4, -0.2) is 33.9 Å². The molecule has 0 spiro atoms. The van der Waals surface area contributed by atoms with Gasteiger partial charge in [0, 0.05) is 0 Å². The topological polar surface area (TPSA) is 9.72 Å². The second kappa shape index (κ2) is 3.78. The van der Waals surface area contributed by atoms with Gasteiger partial charge < -0.3 is 0 Å². The quantitative estimate of drug-likeness (QED) is 0.474. The van der Waals surface area contributed by atoms with E-state index in [1.165, 1.54) is 0 Å². The summed E-state index contributed by atoms with van der Waals surface area (Å²) in [5.74, 6) is 0. The summed E-state index contributed by atoms with van der Waals surface area (Å²) in [5, 5.41) is 0. The zero-order chi connectivity index (χ0) is 6.85. The van der Waals surface area contributed by atoms with Crippen molar-refractivity contribution in [3.05, 3.63) is 0 Å². The number of halogens is 3. The van der Waals surface area contributed by atoms with Crippen LogP contribution in [0.3, 0.4) is 0 Å². The maximum atomic E-state index is 3.23. The summed E-state index contributed by atoms with van der Waals surface area (Å²) in [4.78, 5) is 0. The average molecular weight is 314 g/mol. The molecule has 1 fully saturated rings. The van der Waals surface area contributed by atoms with E-state index in [4.69, 9.17) is 0 Å². The average Bonchev–Trinajstić information content (AvgIpc) is 1.59. The van der Waals surface area contributed by atoms with Gasteiger partial charge in [-0.2, -0.15) is 0 Å². The third kappa shape index (κ3) is 2.94. The summed E-state index contributed by atoms with van der Waals surface area (Å²) >= 11 is 9.68. The fraction of sp³-hybridized carbons (Fsp3) is 0. The van der Waals surface area contributed by atoms with E-state index >= 15 is 0 Å². The summed E-state index contributed by atoms with van der Waals surface area (Å²) < 4.78 is 5.16. The van der Waals surface area contributed by atoms with Crippen molar-refractivity contribution in [1.82, 2.24) is 11.2 Å². The molecule has 0 aromatic rings. The maximum Gasteiger partial charge on any atom is 0.311 e. The van der Waals surface area contributed by atoms with E-state index in [9.17, 15) is 0 Å². The lowest BCUT2D eigenvalue weighted by Crippen LogP contribution is -2.50. The minimum atomic E-state index is 1.72. The Kier molecular flexibility index (Phi) is 3.61. The van der Waals surface area contributed by atoms with E-state index < -0.39 is 0 Å². The molecule has 0 aromatic heterocycles. The molecule has 45 valence electrons. The van der Waals surface area contributed by atoms with E-state index in [0.29, 0.717) is 0 Å². The summed E-state index contributed by atoms with van der Waals surface area (Å²) in [7, 11) is 5.41. The molecule has 9 heteroatoms. The van der Waals surface area contributed by atoms with Gasteiger partial charge in [0.1, 0.15) is 0 Å². The Hall–Kier alpha value is 1.51. The van der Waals surface area contributed by atoms with Gasteiger partial charge in [-0.1, -0.05) is 0 Å². The van der Waals surface area contributed by atoms with Crippen molar-refractivity contribution in [3.63, 3.8) is 0 Å². The largest absolute Gasteiger partial charge is 0.311 e. The molecule has 0 aromatic carbocycles. The zero-order valence-electron chi connectivity index (χ0n) is 4.21. The van der Waals surface area contributed by atoms with Crippen molar-refractivity contribution in [1.29, 1.82) is 0 Å². The monoisotopic (exact) mass is 312 g/mol. The van der Waals surface area contributed by atoms with Crippen LogP contribution in [0.15, 0.2) is 0 Å². The fourth-order valence-electron chi connectivity index (χ4n) is 0.406. The molecule has 3 nitrogen and oxygen atoms in total. The standard InChI is InChI=1S/B3Br3N3/c4-7-1-8(5)3-9(6)2-7. The Bertz CT molecular complexity index is 75.3. The first-order valence-electron chi connectivity index (χ1n) is 2.06. The molecule has 0 N–H and O–H groups in total. The van der Waals surface area contributed by atoms with E-state index in [1.54, 1.807) is 33.9 Å². The molecule has 0 atom stereocenters. The zero-order valence-corrected chi connectivity index (χ0v) is 8.97. The van der Waals surface area contributed by atoms with E-state index in [2.05, 4.69) is 48.4 Å². The van der Waals surface area contributed by atoms with Crippen molar-refractivity contribution in [3.8, 4) is 0 Å². The lowest BCUT2D eigenvalue weighted by atomic mass is 9.85. The van der Waals surface area contributed by atoms with Gasteiger partial charge in [-0.05, 0) is 48.4 Å². The molecular formula is B3Br3N3. The predicted octanol–water partition coefficient (Wildman–Crippen LogP) is 0.438. The van der Waals surface area contributed by atoms with Gasteiger partial charge in [0.2, 0.25) is 0 Å². The van der Waals surface area contributed by atoms with Crippen LogP contribution in [0.2, 0.25) is 0 Å². The Morgan fingerprint density at radius 1 is 0.667 bits per heavy atom. The molecular weight excluding hydrogens is 314 g/mol. The second-order valence-electron chi connectivity index (χ2n) is 1.38. The highest BCUT2D eigenvalue weighted by atomic mass is 79.9. The Morgan fingerprint density at radius 3 is 1.11 bits per heavy atom. The highest BCUT2D eigenvalue weighted by molar-refractivity contribution is 9.10. The van der Waals surface area contributed by atoms with Gasteiger partial charge in [0.15, 0.2) is 0 Å². The third-order valence-corrected chi connectivity index (χ3v) is 1.76. The van der Waals surface area contributed by atoms with Crippen molar-refractivity contribution in [2.24, 2.45) is 0 Å². The summed E-state index contributed by atoms with van der Waals surface area (Å²) in [6.45, 7) is 0. The predicted molar refractivity (Wildman–Crippen MR) is 49.6 cm³/mol. The van der Waals surface area contributed by atoms with Crippen molar-refractivity contribution < 1.29 is 0 Å². The van der Waals surface area contributed by atoms with Crippen LogP contribution in [-0.2, 0) is 0 Å². The van der Waals surface area contributed by atoms with Crippen LogP contribution in [0.1, 0.15) is 0 Å². The first kappa shape index (κ1) is 8.61. The highest BCUT2D eigenvalue weighted by Crippen LogP contribution is 2.10. The van der Waals surface area contributed by atoms with Crippen LogP contribution in [0.4, 0.5) is 0 Å². The lowest BCUT2D eigenvalue weighted by Gasteiger charge is -2.28. The molecule has 1 aliphatic rings. The first-order valence-corrected chi connectivity index (χ1v) is 4.18. The Morgan fingerprint density at radius 2 is 0.889 bits per heavy atom. The van der Waals surface area contributed by atoms with Crippen LogP contribution >= 0.6 is 48.4 Å². The van der Waals surface area contributed by atoms with Gasteiger partial charge in [-0.3, -0.25) is 11.2 Å². The molecule has 1 heterocycles. The Balaban J connectivity index is 2.34. The van der Waals surface area contributed by atoms with Crippen LogP contribution < -0.4 is 0 Å². The first-order chi connectivity index (χ1) is 4.18. The fourth-order valence-corrected chi connectivity index (χ4v) is 2.33. The van der Waals surface area contributed by atoms with E-state index in [1.807, 2.05) is 0 Å². The Labute approximate surface area is 82.0 Å². The number of nitrogens with zero attached hydrogens (tertiary/aromatic N) is 3. The van der Waals surface area contributed by atoms with Gasteiger partial charge >= 0.3 is 22.6 Å². The van der Waals surface area contributed by atoms with Crippen LogP contribution in [0.5, 0.6) is 0 Å². The van der Waals surface area contributed by atoms with Gasteiger partial charge in [0.25, 0.3) is 0 Å². The van der Waals surface area contributed by atoms with Gasteiger partial charge in [0.05, 0.1) is 0 Å². The lowest BCUT2D eigenvalue weighted by molar-refractivity contribution is 0.893. The molecule has 1 rings (SSSR count). The molecule has 3 radical (unpaired) electrons. The summed E-state index contributed by atoms with van der Waals surface area (Å²) in [5.41, 5.74) is 0. The highest BCUT2D eigenvalue weighted by Gasteiger charge is 2.24. The number of hydrogen-bond donors (Lipinski definition) is 0. The minimum absolute atomic E-state index is 1.72. The smallest absolute Gasteiger partial charge is 0.299 e. The molecule has 0 amide bonds. The van der Waals surface area contributed by atoms with Crippen LogP contribution in [0, 0.1) is 0 Å². The second-order valence-corrected chi connectivity index (χ2v) is 3.84. The number of hydrogen-bond acceptors (Lipinski definition) is 3. The van der Waals surface area contributed by atoms with Crippen molar-refractivity contribution in [2.75, 3.05) is 0 Å². The van der Waals surface area contributed by atoms with E-state index in [-0.39, 0.29) is 0 Å². The minimum Gasteiger partial charge on any atom is -0.299 e. The summed E-state index contributed by atoms with van der Waals surface area (Å²) in [6, 6.07) is 0. The molecule has 0 saturated carbocycles. The molecule has 1 aliphatic heterocycles. The third-order valence-electron chi connectivity index (χ3n) is 0.662. The van der Waals surface area contributed by atoms with Gasteiger partial charge in [-0.15, -0.1) is 0 Å². The summed E-state index contributed by atoms with van der Waals surface area (Å²) in [6.07, 6.45) is 0. The normalized spacial score (nSPS) is 24.3. The van der Waals surface area contributed by atoms with E-state index in [0.717, 1.165) is 0 Å². The number of rotatable bonds is 0. The molecule has 0 unspecified atom stereocenters. The van der Waals surface area contributed by atoms with Gasteiger partial charge in [-0.25, -0.2) is 0 Å². The van der Waals surface area contributed by atoms with Crippen molar-refractivity contribution in [2.45, 2.75) is 0 Å². The molecule has 1 saturated heterocycles. The maximum absolute atomic E-state index is 3.23.